The molecule has 0 aromatic carbocycles. The molecule has 1 heterocycles. The molecular formula is C13H25N3O3. The lowest BCUT2D eigenvalue weighted by Gasteiger charge is -2.14. The van der Waals surface area contributed by atoms with E-state index in [0.717, 1.165) is 19.5 Å². The minimum atomic E-state index is -0.790. The first-order valence-corrected chi connectivity index (χ1v) is 6.89. The smallest absolute Gasteiger partial charge is 0.314 e. The van der Waals surface area contributed by atoms with Crippen LogP contribution in [0.25, 0.3) is 0 Å². The molecule has 0 aromatic rings. The number of rotatable bonds is 7. The Morgan fingerprint density at radius 3 is 2.74 bits per heavy atom. The zero-order valence-corrected chi connectivity index (χ0v) is 11.8. The van der Waals surface area contributed by atoms with E-state index in [9.17, 15) is 9.59 Å². The van der Waals surface area contributed by atoms with Gasteiger partial charge in [0, 0.05) is 26.1 Å². The number of aliphatic carboxylic acids is 1. The number of hydrogen-bond donors (Lipinski definition) is 3. The van der Waals surface area contributed by atoms with E-state index in [4.69, 9.17) is 5.11 Å². The van der Waals surface area contributed by atoms with Crippen LogP contribution in [0.3, 0.4) is 0 Å². The van der Waals surface area contributed by atoms with Crippen LogP contribution in [-0.4, -0.2) is 55.2 Å². The maximum Gasteiger partial charge on any atom is 0.314 e. The van der Waals surface area contributed by atoms with E-state index < -0.39 is 5.97 Å². The van der Waals surface area contributed by atoms with Gasteiger partial charge in [-0.05, 0) is 38.3 Å². The van der Waals surface area contributed by atoms with E-state index >= 15 is 0 Å². The number of carboxylic acid groups (broad SMARTS) is 1. The van der Waals surface area contributed by atoms with Crippen LogP contribution in [-0.2, 0) is 4.79 Å². The van der Waals surface area contributed by atoms with Gasteiger partial charge in [0.1, 0.15) is 0 Å². The fourth-order valence-electron chi connectivity index (χ4n) is 2.23. The highest BCUT2D eigenvalue weighted by atomic mass is 16.4. The first-order chi connectivity index (χ1) is 8.97. The fourth-order valence-corrected chi connectivity index (χ4v) is 2.23. The normalized spacial score (nSPS) is 21.1. The fraction of sp³-hybridized carbons (Fsp3) is 0.846. The van der Waals surface area contributed by atoms with Gasteiger partial charge in [0.05, 0.1) is 0 Å². The second-order valence-corrected chi connectivity index (χ2v) is 5.55. The molecule has 2 amide bonds. The number of carbonyl (C=O) groups excluding carboxylic acids is 1. The summed E-state index contributed by atoms with van der Waals surface area (Å²) in [6, 6.07) is -0.156. The molecule has 110 valence electrons. The Kier molecular flexibility index (Phi) is 6.62. The van der Waals surface area contributed by atoms with Gasteiger partial charge in [0.25, 0.3) is 0 Å². The molecule has 2 unspecified atom stereocenters. The lowest BCUT2D eigenvalue weighted by atomic mass is 10.1. The number of nitrogens with one attached hydrogen (secondary N) is 2. The van der Waals surface area contributed by atoms with Crippen molar-refractivity contribution in [1.82, 2.24) is 15.5 Å². The molecule has 0 aliphatic carbocycles. The van der Waals surface area contributed by atoms with E-state index in [0.29, 0.717) is 25.4 Å². The molecule has 1 aliphatic rings. The summed E-state index contributed by atoms with van der Waals surface area (Å²) in [7, 11) is 2.09. The number of urea groups is 1. The second-order valence-electron chi connectivity index (χ2n) is 5.55. The summed E-state index contributed by atoms with van der Waals surface area (Å²) >= 11 is 0. The minimum absolute atomic E-state index is 0.152. The van der Waals surface area contributed by atoms with Crippen molar-refractivity contribution in [2.45, 2.75) is 26.2 Å². The molecule has 6 heteroatoms. The van der Waals surface area contributed by atoms with Crippen LogP contribution in [0, 0.1) is 11.8 Å². The van der Waals surface area contributed by atoms with Crippen molar-refractivity contribution in [3.05, 3.63) is 0 Å². The second kappa shape index (κ2) is 7.99. The quantitative estimate of drug-likeness (QED) is 0.638. The Bertz CT molecular complexity index is 310. The summed E-state index contributed by atoms with van der Waals surface area (Å²) in [4.78, 5) is 24.2. The molecule has 1 fully saturated rings. The van der Waals surface area contributed by atoms with Gasteiger partial charge in [-0.3, -0.25) is 4.79 Å². The Morgan fingerprint density at radius 2 is 2.16 bits per heavy atom. The van der Waals surface area contributed by atoms with Gasteiger partial charge in [-0.2, -0.15) is 0 Å². The molecule has 0 aromatic heterocycles. The number of hydrogen-bond acceptors (Lipinski definition) is 3. The monoisotopic (exact) mass is 271 g/mol. The van der Waals surface area contributed by atoms with Crippen molar-refractivity contribution in [1.29, 1.82) is 0 Å². The van der Waals surface area contributed by atoms with Gasteiger partial charge < -0.3 is 20.6 Å². The van der Waals surface area contributed by atoms with Crippen molar-refractivity contribution in [3.63, 3.8) is 0 Å². The van der Waals surface area contributed by atoms with Crippen molar-refractivity contribution >= 4 is 12.0 Å². The molecule has 1 rings (SSSR count). The molecule has 2 atom stereocenters. The summed E-state index contributed by atoms with van der Waals surface area (Å²) in [6.45, 7) is 5.30. The average molecular weight is 271 g/mol. The summed E-state index contributed by atoms with van der Waals surface area (Å²) in [6.07, 6.45) is 1.87. The van der Waals surface area contributed by atoms with Crippen LogP contribution in [0.5, 0.6) is 0 Å². The highest BCUT2D eigenvalue weighted by Gasteiger charge is 2.19. The Balaban J connectivity index is 2.05. The summed E-state index contributed by atoms with van der Waals surface area (Å²) in [5.41, 5.74) is 0. The Morgan fingerprint density at radius 1 is 1.42 bits per heavy atom. The highest BCUT2D eigenvalue weighted by molar-refractivity contribution is 5.73. The third kappa shape index (κ3) is 7.00. The lowest BCUT2D eigenvalue weighted by Crippen LogP contribution is -2.40. The minimum Gasteiger partial charge on any atom is -0.481 e. The first-order valence-electron chi connectivity index (χ1n) is 6.89. The topological polar surface area (TPSA) is 81.7 Å². The van der Waals surface area contributed by atoms with Crippen molar-refractivity contribution in [2.24, 2.45) is 11.8 Å². The summed E-state index contributed by atoms with van der Waals surface area (Å²) < 4.78 is 0. The number of likely N-dealkylation sites (tertiary alicyclic amines) is 1. The molecule has 0 saturated carbocycles. The maximum absolute atomic E-state index is 11.6. The van der Waals surface area contributed by atoms with Crippen molar-refractivity contribution < 1.29 is 14.7 Å². The summed E-state index contributed by atoms with van der Waals surface area (Å²) in [5.74, 6) is -0.0682. The molecule has 0 radical (unpaired) electrons. The van der Waals surface area contributed by atoms with Gasteiger partial charge in [0.15, 0.2) is 0 Å². The molecule has 0 spiro atoms. The molecule has 1 saturated heterocycles. The van der Waals surface area contributed by atoms with Gasteiger partial charge >= 0.3 is 12.0 Å². The van der Waals surface area contributed by atoms with Gasteiger partial charge in [-0.1, -0.05) is 6.92 Å². The predicted octanol–water partition coefficient (Wildman–Crippen LogP) is 0.738. The van der Waals surface area contributed by atoms with E-state index in [2.05, 4.69) is 22.6 Å². The van der Waals surface area contributed by atoms with Gasteiger partial charge in [-0.25, -0.2) is 4.79 Å². The number of carboxylic acids is 1. The SMILES string of the molecule is CC(CCC(=O)O)CNC(=O)NCC1CCN(C)C1. The molecule has 6 nitrogen and oxygen atoms in total. The first kappa shape index (κ1) is 15.8. The standard InChI is InChI=1S/C13H25N3O3/c1-10(3-4-12(17)18)7-14-13(19)15-8-11-5-6-16(2)9-11/h10-11H,3-9H2,1-2H3,(H,17,18)(H2,14,15,19). The van der Waals surface area contributed by atoms with Crippen molar-refractivity contribution in [2.75, 3.05) is 33.2 Å². The average Bonchev–Trinajstić information content (AvgIpc) is 2.77. The maximum atomic E-state index is 11.6. The zero-order chi connectivity index (χ0) is 14.3. The number of nitrogens with zero attached hydrogens (tertiary/aromatic N) is 1. The van der Waals surface area contributed by atoms with Crippen LogP contribution in [0.15, 0.2) is 0 Å². The predicted molar refractivity (Wildman–Crippen MR) is 73.0 cm³/mol. The molecule has 0 bridgehead atoms. The number of amides is 2. The molecule has 1 aliphatic heterocycles. The molecule has 3 N–H and O–H groups in total. The van der Waals surface area contributed by atoms with Gasteiger partial charge in [-0.15, -0.1) is 0 Å². The van der Waals surface area contributed by atoms with E-state index in [1.807, 2.05) is 6.92 Å². The molecular weight excluding hydrogens is 246 g/mol. The largest absolute Gasteiger partial charge is 0.481 e. The Hall–Kier alpha value is -1.30. The summed E-state index contributed by atoms with van der Waals surface area (Å²) in [5, 5.41) is 14.2. The van der Waals surface area contributed by atoms with Crippen LogP contribution >= 0.6 is 0 Å². The van der Waals surface area contributed by atoms with Crippen LogP contribution in [0.4, 0.5) is 4.79 Å². The third-order valence-corrected chi connectivity index (χ3v) is 3.50. The lowest BCUT2D eigenvalue weighted by molar-refractivity contribution is -0.137. The van der Waals surface area contributed by atoms with Crippen LogP contribution in [0.1, 0.15) is 26.2 Å². The highest BCUT2D eigenvalue weighted by Crippen LogP contribution is 2.12. The molecule has 19 heavy (non-hydrogen) atoms. The van der Waals surface area contributed by atoms with Crippen molar-refractivity contribution in [3.8, 4) is 0 Å². The van der Waals surface area contributed by atoms with E-state index in [1.54, 1.807) is 0 Å². The third-order valence-electron chi connectivity index (χ3n) is 3.50. The van der Waals surface area contributed by atoms with E-state index in [1.165, 1.54) is 0 Å². The Labute approximate surface area is 114 Å². The van der Waals surface area contributed by atoms with E-state index in [-0.39, 0.29) is 18.4 Å². The van der Waals surface area contributed by atoms with Crippen LogP contribution in [0.2, 0.25) is 0 Å². The zero-order valence-electron chi connectivity index (χ0n) is 11.8. The van der Waals surface area contributed by atoms with Crippen LogP contribution < -0.4 is 10.6 Å². The van der Waals surface area contributed by atoms with Gasteiger partial charge in [0.2, 0.25) is 0 Å². The number of carbonyl (C=O) groups is 2.